The summed E-state index contributed by atoms with van der Waals surface area (Å²) in [6.07, 6.45) is 11.1. The van der Waals surface area contributed by atoms with Crippen molar-refractivity contribution in [3.8, 4) is 0 Å². The Labute approximate surface area is 175 Å². The molecule has 1 saturated heterocycles. The van der Waals surface area contributed by atoms with Crippen molar-refractivity contribution in [1.82, 2.24) is 20.5 Å². The number of nitrogens with zero attached hydrogens (tertiary/aromatic N) is 3. The van der Waals surface area contributed by atoms with E-state index < -0.39 is 0 Å². The Kier molecular flexibility index (Phi) is 9.11. The lowest BCUT2D eigenvalue weighted by molar-refractivity contribution is 0.150. The number of hydrogen-bond acceptors (Lipinski definition) is 3. The Balaban J connectivity index is 0.00000243. The average molecular weight is 471 g/mol. The number of aromatic nitrogens is 1. The summed E-state index contributed by atoms with van der Waals surface area (Å²) in [7, 11) is 1.86. The largest absolute Gasteiger partial charge is 0.356 e. The second-order valence-electron chi connectivity index (χ2n) is 7.45. The van der Waals surface area contributed by atoms with Gasteiger partial charge in [-0.1, -0.05) is 18.9 Å². The predicted octanol–water partition coefficient (Wildman–Crippen LogP) is 3.12. The molecule has 0 amide bonds. The summed E-state index contributed by atoms with van der Waals surface area (Å²) in [6.45, 7) is 5.36. The molecule has 2 aliphatic rings. The number of rotatable bonds is 5. The Morgan fingerprint density at radius 1 is 1.19 bits per heavy atom. The molecule has 1 aromatic heterocycles. The Morgan fingerprint density at radius 2 is 1.92 bits per heavy atom. The highest BCUT2D eigenvalue weighted by atomic mass is 127. The summed E-state index contributed by atoms with van der Waals surface area (Å²) >= 11 is 0. The lowest BCUT2D eigenvalue weighted by Gasteiger charge is -2.36. The molecule has 2 heterocycles. The molecular weight excluding hydrogens is 437 g/mol. The van der Waals surface area contributed by atoms with Crippen LogP contribution < -0.4 is 10.6 Å². The first-order chi connectivity index (χ1) is 12.2. The highest BCUT2D eigenvalue weighted by Crippen LogP contribution is 2.26. The summed E-state index contributed by atoms with van der Waals surface area (Å²) in [5.74, 6) is 0.930. The first-order valence-electron chi connectivity index (χ1n) is 9.87. The van der Waals surface area contributed by atoms with E-state index in [2.05, 4.69) is 37.6 Å². The van der Waals surface area contributed by atoms with E-state index >= 15 is 0 Å². The number of guanidine groups is 1. The molecule has 5 nitrogen and oxygen atoms in total. The monoisotopic (exact) mass is 471 g/mol. The molecule has 0 spiro atoms. The predicted molar refractivity (Wildman–Crippen MR) is 119 cm³/mol. The Bertz CT molecular complexity index is 546. The van der Waals surface area contributed by atoms with Crippen molar-refractivity contribution in [2.24, 2.45) is 4.99 Å². The van der Waals surface area contributed by atoms with Gasteiger partial charge in [-0.25, -0.2) is 0 Å². The van der Waals surface area contributed by atoms with Crippen LogP contribution in [-0.2, 0) is 6.42 Å². The second kappa shape index (κ2) is 11.1. The highest BCUT2D eigenvalue weighted by molar-refractivity contribution is 14.0. The van der Waals surface area contributed by atoms with Gasteiger partial charge >= 0.3 is 0 Å². The summed E-state index contributed by atoms with van der Waals surface area (Å²) in [5.41, 5.74) is 2.33. The molecule has 0 atom stereocenters. The maximum Gasteiger partial charge on any atom is 0.191 e. The van der Waals surface area contributed by atoms with Crippen LogP contribution in [0.1, 0.15) is 49.8 Å². The van der Waals surface area contributed by atoms with Crippen molar-refractivity contribution in [1.29, 1.82) is 0 Å². The maximum atomic E-state index is 4.39. The van der Waals surface area contributed by atoms with E-state index in [4.69, 9.17) is 0 Å². The van der Waals surface area contributed by atoms with Crippen LogP contribution in [0, 0.1) is 6.92 Å². The number of nitrogens with one attached hydrogen (secondary N) is 2. The number of halogens is 1. The van der Waals surface area contributed by atoms with Crippen LogP contribution in [0.4, 0.5) is 0 Å². The molecule has 3 rings (SSSR count). The third kappa shape index (κ3) is 6.37. The quantitative estimate of drug-likeness (QED) is 0.394. The third-order valence-corrected chi connectivity index (χ3v) is 5.61. The van der Waals surface area contributed by atoms with Gasteiger partial charge in [-0.3, -0.25) is 9.98 Å². The van der Waals surface area contributed by atoms with E-state index in [1.54, 1.807) is 0 Å². The van der Waals surface area contributed by atoms with Gasteiger partial charge < -0.3 is 15.5 Å². The van der Waals surface area contributed by atoms with Gasteiger partial charge in [0.2, 0.25) is 0 Å². The smallest absolute Gasteiger partial charge is 0.191 e. The standard InChI is InChI=1S/C20H33N5.HI/c1-16-7-8-17(15-23-16)9-12-22-20(21-2)24-18-10-13-25(14-11-18)19-5-3-4-6-19;/h7-8,15,18-19H,3-6,9-14H2,1-2H3,(H2,21,22,24);1H. The van der Waals surface area contributed by atoms with Crippen molar-refractivity contribution in [2.75, 3.05) is 26.7 Å². The van der Waals surface area contributed by atoms with E-state index in [-0.39, 0.29) is 24.0 Å². The Hall–Kier alpha value is -0.890. The zero-order valence-corrected chi connectivity index (χ0v) is 18.5. The normalized spacial score (nSPS) is 20.0. The van der Waals surface area contributed by atoms with Crippen molar-refractivity contribution < 1.29 is 0 Å². The highest BCUT2D eigenvalue weighted by Gasteiger charge is 2.27. The molecule has 2 fully saturated rings. The average Bonchev–Trinajstić information content (AvgIpc) is 3.18. The molecule has 0 unspecified atom stereocenters. The van der Waals surface area contributed by atoms with Gasteiger partial charge in [0.25, 0.3) is 0 Å². The van der Waals surface area contributed by atoms with Crippen molar-refractivity contribution in [3.63, 3.8) is 0 Å². The number of piperidine rings is 1. The summed E-state index contributed by atoms with van der Waals surface area (Å²) in [6, 6.07) is 5.63. The molecule has 146 valence electrons. The molecule has 1 saturated carbocycles. The molecular formula is C20H34IN5. The first-order valence-corrected chi connectivity index (χ1v) is 9.87. The number of likely N-dealkylation sites (tertiary alicyclic amines) is 1. The molecule has 0 radical (unpaired) electrons. The van der Waals surface area contributed by atoms with Crippen molar-refractivity contribution in [3.05, 3.63) is 29.6 Å². The van der Waals surface area contributed by atoms with Crippen LogP contribution >= 0.6 is 24.0 Å². The first kappa shape index (κ1) is 21.4. The topological polar surface area (TPSA) is 52.6 Å². The van der Waals surface area contributed by atoms with Crippen LogP contribution in [0.2, 0.25) is 0 Å². The molecule has 1 aliphatic carbocycles. The fourth-order valence-corrected chi connectivity index (χ4v) is 4.04. The lowest BCUT2D eigenvalue weighted by Crippen LogP contribution is -2.50. The molecule has 1 aromatic rings. The van der Waals surface area contributed by atoms with Crippen LogP contribution in [0.3, 0.4) is 0 Å². The van der Waals surface area contributed by atoms with Gasteiger partial charge in [-0.05, 0) is 50.7 Å². The molecule has 2 N–H and O–H groups in total. The van der Waals surface area contributed by atoms with Crippen molar-refractivity contribution >= 4 is 29.9 Å². The van der Waals surface area contributed by atoms with E-state index in [0.29, 0.717) is 6.04 Å². The van der Waals surface area contributed by atoms with Crippen LogP contribution in [0.25, 0.3) is 0 Å². The minimum absolute atomic E-state index is 0. The van der Waals surface area contributed by atoms with E-state index in [0.717, 1.165) is 30.7 Å². The Morgan fingerprint density at radius 3 is 2.54 bits per heavy atom. The molecule has 1 aliphatic heterocycles. The van der Waals surface area contributed by atoms with E-state index in [1.165, 1.54) is 57.2 Å². The van der Waals surface area contributed by atoms with Crippen LogP contribution in [-0.4, -0.2) is 54.6 Å². The summed E-state index contributed by atoms with van der Waals surface area (Å²) < 4.78 is 0. The van der Waals surface area contributed by atoms with E-state index in [1.807, 2.05) is 20.2 Å². The minimum atomic E-state index is 0. The minimum Gasteiger partial charge on any atom is -0.356 e. The second-order valence-corrected chi connectivity index (χ2v) is 7.45. The molecule has 0 aromatic carbocycles. The van der Waals surface area contributed by atoms with Gasteiger partial charge in [0, 0.05) is 50.7 Å². The SMILES string of the molecule is CN=C(NCCc1ccc(C)nc1)NC1CCN(C2CCCC2)CC1.I. The number of pyridine rings is 1. The number of hydrogen-bond donors (Lipinski definition) is 2. The van der Waals surface area contributed by atoms with Crippen LogP contribution in [0.15, 0.2) is 23.3 Å². The van der Waals surface area contributed by atoms with Crippen molar-refractivity contribution in [2.45, 2.75) is 64.0 Å². The van der Waals surface area contributed by atoms with Gasteiger partial charge in [-0.15, -0.1) is 24.0 Å². The van der Waals surface area contributed by atoms with Gasteiger partial charge in [0.05, 0.1) is 0 Å². The zero-order chi connectivity index (χ0) is 17.5. The number of aryl methyl sites for hydroxylation is 1. The van der Waals surface area contributed by atoms with Gasteiger partial charge in [0.1, 0.15) is 0 Å². The van der Waals surface area contributed by atoms with E-state index in [9.17, 15) is 0 Å². The third-order valence-electron chi connectivity index (χ3n) is 5.61. The fraction of sp³-hybridized carbons (Fsp3) is 0.700. The van der Waals surface area contributed by atoms with Gasteiger partial charge in [-0.2, -0.15) is 0 Å². The molecule has 0 bridgehead atoms. The summed E-state index contributed by atoms with van der Waals surface area (Å²) in [4.78, 5) is 11.5. The number of aliphatic imine (C=N–C) groups is 1. The summed E-state index contributed by atoms with van der Waals surface area (Å²) in [5, 5.41) is 7.05. The lowest BCUT2D eigenvalue weighted by atomic mass is 10.0. The van der Waals surface area contributed by atoms with Crippen LogP contribution in [0.5, 0.6) is 0 Å². The molecule has 6 heteroatoms. The fourth-order valence-electron chi connectivity index (χ4n) is 4.04. The maximum absolute atomic E-state index is 4.39. The zero-order valence-electron chi connectivity index (χ0n) is 16.2. The van der Waals surface area contributed by atoms with Gasteiger partial charge in [0.15, 0.2) is 5.96 Å². The molecule has 26 heavy (non-hydrogen) atoms.